The summed E-state index contributed by atoms with van der Waals surface area (Å²) >= 11 is 0. The van der Waals surface area contributed by atoms with Gasteiger partial charge in [-0.1, -0.05) is 12.1 Å². The van der Waals surface area contributed by atoms with Crippen LogP contribution in [-0.2, 0) is 17.6 Å². The maximum atomic E-state index is 12.2. The summed E-state index contributed by atoms with van der Waals surface area (Å²) in [6.07, 6.45) is 2.00. The first kappa shape index (κ1) is 19.8. The van der Waals surface area contributed by atoms with E-state index in [9.17, 15) is 4.79 Å². The van der Waals surface area contributed by atoms with Gasteiger partial charge in [-0.3, -0.25) is 4.79 Å². The molecule has 7 nitrogen and oxygen atoms in total. The van der Waals surface area contributed by atoms with E-state index in [0.29, 0.717) is 31.2 Å². The van der Waals surface area contributed by atoms with Crippen LogP contribution >= 0.6 is 0 Å². The quantitative estimate of drug-likeness (QED) is 0.607. The van der Waals surface area contributed by atoms with Gasteiger partial charge in [0.15, 0.2) is 23.0 Å². The van der Waals surface area contributed by atoms with E-state index >= 15 is 0 Å². The van der Waals surface area contributed by atoms with Crippen molar-refractivity contribution in [2.24, 2.45) is 5.73 Å². The molecule has 1 heterocycles. The molecule has 0 fully saturated rings. The molecule has 0 aliphatic carbocycles. The molecule has 3 rings (SSSR count). The van der Waals surface area contributed by atoms with Crippen LogP contribution in [-0.4, -0.2) is 39.5 Å². The van der Waals surface area contributed by atoms with Crippen molar-refractivity contribution in [1.82, 2.24) is 5.32 Å². The summed E-state index contributed by atoms with van der Waals surface area (Å²) in [5.74, 6) is 2.77. The van der Waals surface area contributed by atoms with Crippen molar-refractivity contribution in [3.05, 3.63) is 47.5 Å². The number of carbonyl (C=O) groups is 1. The molecule has 0 spiro atoms. The van der Waals surface area contributed by atoms with Crippen LogP contribution in [0.1, 0.15) is 17.5 Å². The van der Waals surface area contributed by atoms with Gasteiger partial charge >= 0.3 is 0 Å². The van der Waals surface area contributed by atoms with E-state index in [0.717, 1.165) is 35.5 Å². The second-order valence-electron chi connectivity index (χ2n) is 6.44. The Morgan fingerprint density at radius 2 is 1.93 bits per heavy atom. The van der Waals surface area contributed by atoms with E-state index < -0.39 is 0 Å². The smallest absolute Gasteiger partial charge is 0.231 e. The molecule has 3 N–H and O–H groups in total. The van der Waals surface area contributed by atoms with E-state index in [1.807, 2.05) is 30.3 Å². The molecule has 2 aromatic carbocycles. The summed E-state index contributed by atoms with van der Waals surface area (Å²) in [7, 11) is 1.57. The van der Waals surface area contributed by atoms with Gasteiger partial charge in [-0.15, -0.1) is 0 Å². The van der Waals surface area contributed by atoms with Crippen LogP contribution in [0.2, 0.25) is 0 Å². The first-order valence-electron chi connectivity index (χ1n) is 9.34. The predicted octanol–water partition coefficient (Wildman–Crippen LogP) is 2.05. The van der Waals surface area contributed by atoms with Gasteiger partial charge in [0, 0.05) is 13.1 Å². The molecule has 0 saturated heterocycles. The Bertz CT molecular complexity index is 809. The lowest BCUT2D eigenvalue weighted by atomic mass is 10.1. The lowest BCUT2D eigenvalue weighted by Gasteiger charge is -2.12. The van der Waals surface area contributed by atoms with E-state index in [1.165, 1.54) is 0 Å². The van der Waals surface area contributed by atoms with Crippen molar-refractivity contribution in [2.75, 3.05) is 33.6 Å². The maximum absolute atomic E-state index is 12.2. The van der Waals surface area contributed by atoms with Gasteiger partial charge in [0.25, 0.3) is 0 Å². The Hall–Kier alpha value is -2.93. The molecule has 0 bridgehead atoms. The Labute approximate surface area is 164 Å². The van der Waals surface area contributed by atoms with E-state index in [2.05, 4.69) is 5.32 Å². The third-order valence-electron chi connectivity index (χ3n) is 4.37. The average Bonchev–Trinajstić information content (AvgIpc) is 3.18. The largest absolute Gasteiger partial charge is 0.493 e. The highest BCUT2D eigenvalue weighted by atomic mass is 16.7. The topological polar surface area (TPSA) is 92.0 Å². The van der Waals surface area contributed by atoms with Crippen molar-refractivity contribution in [3.63, 3.8) is 0 Å². The van der Waals surface area contributed by atoms with Crippen LogP contribution in [0.3, 0.4) is 0 Å². The number of hydrogen-bond acceptors (Lipinski definition) is 6. The number of amides is 1. The molecule has 150 valence electrons. The number of carbonyl (C=O) groups excluding carboxylic acids is 1. The Kier molecular flexibility index (Phi) is 6.97. The van der Waals surface area contributed by atoms with Crippen molar-refractivity contribution < 1.29 is 23.7 Å². The van der Waals surface area contributed by atoms with E-state index in [-0.39, 0.29) is 19.1 Å². The third-order valence-corrected chi connectivity index (χ3v) is 4.37. The summed E-state index contributed by atoms with van der Waals surface area (Å²) in [6.45, 7) is 1.74. The highest BCUT2D eigenvalue weighted by Crippen LogP contribution is 2.32. The fourth-order valence-corrected chi connectivity index (χ4v) is 2.97. The van der Waals surface area contributed by atoms with Gasteiger partial charge in [-0.25, -0.2) is 0 Å². The minimum atomic E-state index is -0.0247. The Morgan fingerprint density at radius 3 is 2.75 bits per heavy atom. The van der Waals surface area contributed by atoms with Gasteiger partial charge in [-0.05, 0) is 48.2 Å². The SMILES string of the molecule is COc1cc(CC(=O)NCCCc2ccc3c(c2)OCO3)ccc1OCCN. The number of hydrogen-bond donors (Lipinski definition) is 2. The van der Waals surface area contributed by atoms with Gasteiger partial charge in [0.1, 0.15) is 6.61 Å². The summed E-state index contributed by atoms with van der Waals surface area (Å²) in [5, 5.41) is 2.96. The lowest BCUT2D eigenvalue weighted by Crippen LogP contribution is -2.26. The molecule has 7 heteroatoms. The molecule has 2 aromatic rings. The summed E-state index contributed by atoms with van der Waals surface area (Å²) in [5.41, 5.74) is 7.48. The van der Waals surface area contributed by atoms with Crippen LogP contribution in [0.25, 0.3) is 0 Å². The van der Waals surface area contributed by atoms with Crippen molar-refractivity contribution in [3.8, 4) is 23.0 Å². The van der Waals surface area contributed by atoms with Gasteiger partial charge < -0.3 is 30.0 Å². The van der Waals surface area contributed by atoms with Crippen LogP contribution in [0, 0.1) is 0 Å². The lowest BCUT2D eigenvalue weighted by molar-refractivity contribution is -0.120. The number of rotatable bonds is 10. The zero-order valence-electron chi connectivity index (χ0n) is 16.0. The van der Waals surface area contributed by atoms with Gasteiger partial charge in [-0.2, -0.15) is 0 Å². The molecule has 0 aromatic heterocycles. The number of benzene rings is 2. The molecular weight excluding hydrogens is 360 g/mol. The molecule has 1 amide bonds. The number of nitrogens with two attached hydrogens (primary N) is 1. The van der Waals surface area contributed by atoms with Crippen molar-refractivity contribution in [2.45, 2.75) is 19.3 Å². The number of nitrogens with one attached hydrogen (secondary N) is 1. The first-order chi connectivity index (χ1) is 13.7. The zero-order valence-corrected chi connectivity index (χ0v) is 16.0. The summed E-state index contributed by atoms with van der Waals surface area (Å²) in [4.78, 5) is 12.2. The molecule has 1 aliphatic heterocycles. The second-order valence-corrected chi connectivity index (χ2v) is 6.44. The Balaban J connectivity index is 1.42. The van der Waals surface area contributed by atoms with Gasteiger partial charge in [0.05, 0.1) is 13.5 Å². The highest BCUT2D eigenvalue weighted by Gasteiger charge is 2.13. The standard InChI is InChI=1S/C21H26N2O5/c1-25-19-12-16(5-7-17(19)26-10-8-22)13-21(24)23-9-2-3-15-4-6-18-20(11-15)28-14-27-18/h4-7,11-12H,2-3,8-10,13-14,22H2,1H3,(H,23,24). The predicted molar refractivity (Wildman–Crippen MR) is 105 cm³/mol. The fraction of sp³-hybridized carbons (Fsp3) is 0.381. The fourth-order valence-electron chi connectivity index (χ4n) is 2.97. The highest BCUT2D eigenvalue weighted by molar-refractivity contribution is 5.78. The Morgan fingerprint density at radius 1 is 1.11 bits per heavy atom. The second kappa shape index (κ2) is 9.85. The number of aryl methyl sites for hydroxylation is 1. The molecule has 0 saturated carbocycles. The van der Waals surface area contributed by atoms with Crippen LogP contribution in [0.5, 0.6) is 23.0 Å². The summed E-state index contributed by atoms with van der Waals surface area (Å²) in [6, 6.07) is 11.4. The normalized spacial score (nSPS) is 11.9. The summed E-state index contributed by atoms with van der Waals surface area (Å²) < 4.78 is 21.5. The molecule has 0 unspecified atom stereocenters. The minimum absolute atomic E-state index is 0.0247. The molecule has 1 aliphatic rings. The minimum Gasteiger partial charge on any atom is -0.493 e. The number of fused-ring (bicyclic) bond motifs is 1. The van der Waals surface area contributed by atoms with E-state index in [4.69, 9.17) is 24.7 Å². The number of methoxy groups -OCH3 is 1. The van der Waals surface area contributed by atoms with E-state index in [1.54, 1.807) is 13.2 Å². The molecule has 28 heavy (non-hydrogen) atoms. The average molecular weight is 386 g/mol. The number of ether oxygens (including phenoxy) is 4. The first-order valence-corrected chi connectivity index (χ1v) is 9.34. The third kappa shape index (κ3) is 5.29. The van der Waals surface area contributed by atoms with Crippen LogP contribution < -0.4 is 30.0 Å². The molecule has 0 radical (unpaired) electrons. The zero-order chi connectivity index (χ0) is 19.8. The maximum Gasteiger partial charge on any atom is 0.231 e. The van der Waals surface area contributed by atoms with Crippen LogP contribution in [0.15, 0.2) is 36.4 Å². The van der Waals surface area contributed by atoms with Crippen molar-refractivity contribution >= 4 is 5.91 Å². The van der Waals surface area contributed by atoms with Crippen molar-refractivity contribution in [1.29, 1.82) is 0 Å². The monoisotopic (exact) mass is 386 g/mol. The molecular formula is C21H26N2O5. The van der Waals surface area contributed by atoms with Crippen LogP contribution in [0.4, 0.5) is 0 Å². The molecule has 0 atom stereocenters. The van der Waals surface area contributed by atoms with Gasteiger partial charge in [0.2, 0.25) is 12.7 Å².